The highest BCUT2D eigenvalue weighted by Crippen LogP contribution is 2.44. The summed E-state index contributed by atoms with van der Waals surface area (Å²) in [5.74, 6) is 1.65. The van der Waals surface area contributed by atoms with Crippen LogP contribution in [0, 0.1) is 5.92 Å². The molecule has 1 aromatic heterocycles. The summed E-state index contributed by atoms with van der Waals surface area (Å²) in [5.41, 5.74) is 1.39. The molecule has 1 atom stereocenters. The Bertz CT molecular complexity index is 411. The van der Waals surface area contributed by atoms with Gasteiger partial charge in [-0.2, -0.15) is 0 Å². The molecule has 3 rings (SSSR count). The Morgan fingerprint density at radius 2 is 2.22 bits per heavy atom. The standard InChI is InChI=1S/C14H23N3S/c1-3-10-6-7-17(9-10)14-16-13(11-4-5-11)12(18-14)8-15-2/h10-11,15H,3-9H2,1-2H3. The van der Waals surface area contributed by atoms with E-state index in [0.29, 0.717) is 0 Å². The van der Waals surface area contributed by atoms with Crippen LogP contribution in [0.4, 0.5) is 5.13 Å². The molecule has 1 saturated carbocycles. The first-order valence-corrected chi connectivity index (χ1v) is 8.02. The molecule has 18 heavy (non-hydrogen) atoms. The fourth-order valence-electron chi connectivity index (χ4n) is 2.79. The van der Waals surface area contributed by atoms with Crippen LogP contribution in [0.2, 0.25) is 0 Å². The first kappa shape index (κ1) is 12.4. The van der Waals surface area contributed by atoms with E-state index in [0.717, 1.165) is 18.4 Å². The zero-order valence-electron chi connectivity index (χ0n) is 11.4. The summed E-state index contributed by atoms with van der Waals surface area (Å²) in [7, 11) is 2.03. The first-order chi connectivity index (χ1) is 8.81. The summed E-state index contributed by atoms with van der Waals surface area (Å²) >= 11 is 1.91. The molecule has 2 heterocycles. The molecule has 100 valence electrons. The second-order valence-electron chi connectivity index (χ2n) is 5.62. The number of aromatic nitrogens is 1. The molecule has 2 aliphatic rings. The van der Waals surface area contributed by atoms with Gasteiger partial charge in [0.05, 0.1) is 5.69 Å². The van der Waals surface area contributed by atoms with Crippen LogP contribution in [-0.2, 0) is 6.54 Å². The van der Waals surface area contributed by atoms with Crippen molar-refractivity contribution in [1.82, 2.24) is 10.3 Å². The Kier molecular flexibility index (Phi) is 3.57. The molecular weight excluding hydrogens is 242 g/mol. The number of hydrogen-bond donors (Lipinski definition) is 1. The minimum Gasteiger partial charge on any atom is -0.348 e. The van der Waals surface area contributed by atoms with Crippen molar-refractivity contribution in [2.75, 3.05) is 25.0 Å². The highest BCUT2D eigenvalue weighted by molar-refractivity contribution is 7.15. The number of nitrogens with zero attached hydrogens (tertiary/aromatic N) is 2. The lowest BCUT2D eigenvalue weighted by molar-refractivity contribution is 0.569. The van der Waals surface area contributed by atoms with Crippen LogP contribution in [-0.4, -0.2) is 25.1 Å². The molecule has 3 nitrogen and oxygen atoms in total. The highest BCUT2D eigenvalue weighted by atomic mass is 32.1. The van der Waals surface area contributed by atoms with Crippen molar-refractivity contribution >= 4 is 16.5 Å². The van der Waals surface area contributed by atoms with Crippen LogP contribution in [0.15, 0.2) is 0 Å². The Morgan fingerprint density at radius 1 is 1.39 bits per heavy atom. The summed E-state index contributed by atoms with van der Waals surface area (Å²) < 4.78 is 0. The van der Waals surface area contributed by atoms with Crippen molar-refractivity contribution in [3.8, 4) is 0 Å². The number of hydrogen-bond acceptors (Lipinski definition) is 4. The molecule has 2 fully saturated rings. The summed E-state index contributed by atoms with van der Waals surface area (Å²) in [4.78, 5) is 8.92. The van der Waals surface area contributed by atoms with E-state index in [2.05, 4.69) is 17.1 Å². The van der Waals surface area contributed by atoms with Gasteiger partial charge in [-0.1, -0.05) is 13.3 Å². The molecular formula is C14H23N3S. The van der Waals surface area contributed by atoms with Gasteiger partial charge in [0, 0.05) is 30.4 Å². The molecule has 0 amide bonds. The Morgan fingerprint density at radius 3 is 2.83 bits per heavy atom. The van der Waals surface area contributed by atoms with Crippen molar-refractivity contribution in [2.45, 2.75) is 45.1 Å². The maximum absolute atomic E-state index is 4.95. The van der Waals surface area contributed by atoms with E-state index in [1.807, 2.05) is 18.4 Å². The van der Waals surface area contributed by atoms with Gasteiger partial charge in [-0.3, -0.25) is 0 Å². The van der Waals surface area contributed by atoms with Crippen LogP contribution in [0.3, 0.4) is 0 Å². The minimum atomic E-state index is 0.767. The topological polar surface area (TPSA) is 28.2 Å². The van der Waals surface area contributed by atoms with Crippen molar-refractivity contribution < 1.29 is 0 Å². The second-order valence-corrected chi connectivity index (χ2v) is 6.68. The lowest BCUT2D eigenvalue weighted by atomic mass is 10.1. The predicted molar refractivity (Wildman–Crippen MR) is 77.5 cm³/mol. The highest BCUT2D eigenvalue weighted by Gasteiger charge is 2.31. The number of thiazole rings is 1. The van der Waals surface area contributed by atoms with E-state index in [-0.39, 0.29) is 0 Å². The fourth-order valence-corrected chi connectivity index (χ4v) is 3.98. The molecule has 1 aliphatic carbocycles. The van der Waals surface area contributed by atoms with E-state index >= 15 is 0 Å². The lowest BCUT2D eigenvalue weighted by Crippen LogP contribution is -2.19. The largest absolute Gasteiger partial charge is 0.348 e. The Labute approximate surface area is 114 Å². The molecule has 0 spiro atoms. The lowest BCUT2D eigenvalue weighted by Gasteiger charge is -2.14. The molecule has 0 radical (unpaired) electrons. The van der Waals surface area contributed by atoms with Gasteiger partial charge in [0.1, 0.15) is 0 Å². The van der Waals surface area contributed by atoms with Gasteiger partial charge in [0.25, 0.3) is 0 Å². The SMILES string of the molecule is CCC1CCN(c2nc(C3CC3)c(CNC)s2)C1. The average Bonchev–Trinajstić information content (AvgIpc) is 2.96. The van der Waals surface area contributed by atoms with Gasteiger partial charge >= 0.3 is 0 Å². The van der Waals surface area contributed by atoms with E-state index in [1.54, 1.807) is 0 Å². The van der Waals surface area contributed by atoms with Crippen LogP contribution < -0.4 is 10.2 Å². The summed E-state index contributed by atoms with van der Waals surface area (Å²) in [6.07, 6.45) is 5.34. The quantitative estimate of drug-likeness (QED) is 0.887. The van der Waals surface area contributed by atoms with Crippen LogP contribution in [0.5, 0.6) is 0 Å². The zero-order valence-corrected chi connectivity index (χ0v) is 12.2. The van der Waals surface area contributed by atoms with Gasteiger partial charge in [0.2, 0.25) is 0 Å². The number of anilines is 1. The summed E-state index contributed by atoms with van der Waals surface area (Å²) in [6.45, 7) is 5.70. The molecule has 4 heteroatoms. The van der Waals surface area contributed by atoms with E-state index in [4.69, 9.17) is 4.98 Å². The van der Waals surface area contributed by atoms with Crippen LogP contribution in [0.1, 0.15) is 49.1 Å². The third kappa shape index (κ3) is 2.41. The molecule has 1 saturated heterocycles. The Hall–Kier alpha value is -0.610. The van der Waals surface area contributed by atoms with Gasteiger partial charge in [0.15, 0.2) is 5.13 Å². The average molecular weight is 265 g/mol. The van der Waals surface area contributed by atoms with Crippen LogP contribution >= 0.6 is 11.3 Å². The molecule has 1 unspecified atom stereocenters. The third-order valence-corrected chi connectivity index (χ3v) is 5.28. The zero-order chi connectivity index (χ0) is 12.5. The molecule has 0 bridgehead atoms. The fraction of sp³-hybridized carbons (Fsp3) is 0.786. The van der Waals surface area contributed by atoms with Gasteiger partial charge < -0.3 is 10.2 Å². The van der Waals surface area contributed by atoms with Gasteiger partial charge in [-0.25, -0.2) is 4.98 Å². The van der Waals surface area contributed by atoms with Gasteiger partial charge in [-0.15, -0.1) is 11.3 Å². The van der Waals surface area contributed by atoms with Crippen LogP contribution in [0.25, 0.3) is 0 Å². The van der Waals surface area contributed by atoms with E-state index < -0.39 is 0 Å². The normalized spacial score (nSPS) is 23.9. The second kappa shape index (κ2) is 5.17. The summed E-state index contributed by atoms with van der Waals surface area (Å²) in [5, 5.41) is 4.56. The van der Waals surface area contributed by atoms with Crippen molar-refractivity contribution in [3.63, 3.8) is 0 Å². The molecule has 1 N–H and O–H groups in total. The third-order valence-electron chi connectivity index (χ3n) is 4.15. The maximum Gasteiger partial charge on any atom is 0.185 e. The molecule has 1 aromatic rings. The van der Waals surface area contributed by atoms with Crippen molar-refractivity contribution in [1.29, 1.82) is 0 Å². The number of rotatable bonds is 5. The van der Waals surface area contributed by atoms with Gasteiger partial charge in [-0.05, 0) is 32.2 Å². The summed E-state index contributed by atoms with van der Waals surface area (Å²) in [6, 6.07) is 0. The van der Waals surface area contributed by atoms with Crippen molar-refractivity contribution in [2.24, 2.45) is 5.92 Å². The monoisotopic (exact) mass is 265 g/mol. The maximum atomic E-state index is 4.95. The van der Waals surface area contributed by atoms with Crippen molar-refractivity contribution in [3.05, 3.63) is 10.6 Å². The number of nitrogens with one attached hydrogen (secondary N) is 1. The predicted octanol–water partition coefficient (Wildman–Crippen LogP) is 2.98. The molecule has 1 aliphatic heterocycles. The van der Waals surface area contributed by atoms with E-state index in [1.165, 1.54) is 54.5 Å². The van der Waals surface area contributed by atoms with E-state index in [9.17, 15) is 0 Å². The smallest absolute Gasteiger partial charge is 0.185 e. The Balaban J connectivity index is 1.77. The molecule has 0 aromatic carbocycles. The first-order valence-electron chi connectivity index (χ1n) is 7.21. The minimum absolute atomic E-state index is 0.767.